The molecule has 0 unspecified atom stereocenters. The first kappa shape index (κ1) is 18.7. The van der Waals surface area contributed by atoms with Gasteiger partial charge in [0.2, 0.25) is 5.91 Å². The summed E-state index contributed by atoms with van der Waals surface area (Å²) in [6.45, 7) is 2.90. The Morgan fingerprint density at radius 3 is 2.57 bits per heavy atom. The number of aromatic nitrogens is 1. The van der Waals surface area contributed by atoms with Crippen LogP contribution in [0.25, 0.3) is 0 Å². The fourth-order valence-corrected chi connectivity index (χ4v) is 4.20. The second-order valence-electron chi connectivity index (χ2n) is 7.81. The van der Waals surface area contributed by atoms with Crippen LogP contribution in [0.15, 0.2) is 34.9 Å². The van der Waals surface area contributed by atoms with Gasteiger partial charge in [0.05, 0.1) is 5.41 Å². The summed E-state index contributed by atoms with van der Waals surface area (Å²) in [6, 6.07) is 8.03. The lowest BCUT2D eigenvalue weighted by Crippen LogP contribution is -2.55. The van der Waals surface area contributed by atoms with Gasteiger partial charge in [0.25, 0.3) is 5.91 Å². The van der Waals surface area contributed by atoms with Gasteiger partial charge in [-0.15, -0.1) is 0 Å². The van der Waals surface area contributed by atoms with Crippen LogP contribution in [-0.4, -0.2) is 41.0 Å². The van der Waals surface area contributed by atoms with Crippen molar-refractivity contribution in [3.63, 3.8) is 0 Å². The highest BCUT2D eigenvalue weighted by atomic mass is 19.1. The Morgan fingerprint density at radius 2 is 2.00 bits per heavy atom. The summed E-state index contributed by atoms with van der Waals surface area (Å²) < 4.78 is 18.6. The van der Waals surface area contributed by atoms with Crippen molar-refractivity contribution >= 4 is 11.8 Å². The molecule has 1 N–H and O–H groups in total. The minimum Gasteiger partial charge on any atom is -0.361 e. The lowest BCUT2D eigenvalue weighted by molar-refractivity contribution is -0.142. The molecule has 2 heterocycles. The Hall–Kier alpha value is -2.70. The lowest BCUT2D eigenvalue weighted by Gasteiger charge is -2.45. The van der Waals surface area contributed by atoms with E-state index in [0.29, 0.717) is 31.7 Å². The Balaban J connectivity index is 1.38. The van der Waals surface area contributed by atoms with Gasteiger partial charge < -0.3 is 14.7 Å². The first-order chi connectivity index (χ1) is 13.5. The molecule has 2 amide bonds. The van der Waals surface area contributed by atoms with Crippen LogP contribution in [0.4, 0.5) is 4.39 Å². The second kappa shape index (κ2) is 7.37. The van der Waals surface area contributed by atoms with Crippen LogP contribution in [0.3, 0.4) is 0 Å². The number of likely N-dealkylation sites (tertiary alicyclic amines) is 1. The molecular weight excluding hydrogens is 361 g/mol. The van der Waals surface area contributed by atoms with E-state index in [1.165, 1.54) is 12.1 Å². The highest BCUT2D eigenvalue weighted by Crippen LogP contribution is 2.45. The molecule has 2 aromatic rings. The van der Waals surface area contributed by atoms with E-state index in [-0.39, 0.29) is 29.4 Å². The number of nitrogens with zero attached hydrogens (tertiary/aromatic N) is 2. The summed E-state index contributed by atoms with van der Waals surface area (Å²) in [5.41, 5.74) is 0.465. The number of carbonyl (C=O) groups excluding carboxylic acids is 2. The number of hydrogen-bond donors (Lipinski definition) is 1. The Labute approximate surface area is 163 Å². The second-order valence-corrected chi connectivity index (χ2v) is 7.81. The zero-order valence-electron chi connectivity index (χ0n) is 15.9. The van der Waals surface area contributed by atoms with Crippen molar-refractivity contribution in [3.05, 3.63) is 53.2 Å². The fraction of sp³-hybridized carbons (Fsp3) is 0.476. The molecule has 4 rings (SSSR count). The van der Waals surface area contributed by atoms with Crippen molar-refractivity contribution in [2.45, 2.75) is 50.5 Å². The third kappa shape index (κ3) is 3.41. The third-order valence-corrected chi connectivity index (χ3v) is 5.97. The van der Waals surface area contributed by atoms with Crippen molar-refractivity contribution in [2.75, 3.05) is 13.1 Å². The lowest BCUT2D eigenvalue weighted by atomic mass is 9.63. The highest BCUT2D eigenvalue weighted by molar-refractivity contribution is 5.92. The normalized spacial score (nSPS) is 19.1. The van der Waals surface area contributed by atoms with E-state index in [1.807, 2.05) is 11.0 Å². The van der Waals surface area contributed by atoms with Crippen LogP contribution < -0.4 is 5.32 Å². The van der Waals surface area contributed by atoms with Gasteiger partial charge in [-0.25, -0.2) is 4.39 Å². The highest BCUT2D eigenvalue weighted by Gasteiger charge is 2.48. The summed E-state index contributed by atoms with van der Waals surface area (Å²) in [4.78, 5) is 27.4. The average Bonchev–Trinajstić information content (AvgIpc) is 3.08. The molecule has 0 spiro atoms. The van der Waals surface area contributed by atoms with Gasteiger partial charge in [-0.05, 0) is 50.3 Å². The zero-order chi connectivity index (χ0) is 19.7. The number of benzene rings is 1. The molecule has 0 bridgehead atoms. The van der Waals surface area contributed by atoms with Gasteiger partial charge in [-0.3, -0.25) is 9.59 Å². The molecule has 2 fully saturated rings. The Bertz CT molecular complexity index is 883. The summed E-state index contributed by atoms with van der Waals surface area (Å²) in [6.07, 6.45) is 3.88. The van der Waals surface area contributed by atoms with Gasteiger partial charge in [-0.2, -0.15) is 0 Å². The van der Waals surface area contributed by atoms with Crippen LogP contribution in [0, 0.1) is 12.7 Å². The number of piperidine rings is 1. The number of aryl methyl sites for hydroxylation is 1. The predicted octanol–water partition coefficient (Wildman–Crippen LogP) is 2.96. The van der Waals surface area contributed by atoms with Gasteiger partial charge in [0.1, 0.15) is 11.6 Å². The number of rotatable bonds is 4. The molecule has 148 valence electrons. The molecule has 0 atom stereocenters. The standard InChI is InChI=1S/C21H24FN3O3/c1-14-12-18(24-28-14)19(26)23-17-6-10-25(11-7-17)20(27)21(8-3-9-21)15-4-2-5-16(22)13-15/h2,4-5,12-13,17H,3,6-11H2,1H3,(H,23,26). The van der Waals surface area contributed by atoms with Gasteiger partial charge in [0, 0.05) is 25.2 Å². The van der Waals surface area contributed by atoms with Gasteiger partial charge >= 0.3 is 0 Å². The Kier molecular flexibility index (Phi) is 4.91. The first-order valence-electron chi connectivity index (χ1n) is 9.77. The van der Waals surface area contributed by atoms with E-state index in [1.54, 1.807) is 19.1 Å². The molecule has 2 aliphatic rings. The monoisotopic (exact) mass is 385 g/mol. The Morgan fingerprint density at radius 1 is 1.25 bits per heavy atom. The number of amides is 2. The maximum Gasteiger partial charge on any atom is 0.273 e. The van der Waals surface area contributed by atoms with E-state index in [0.717, 1.165) is 24.8 Å². The van der Waals surface area contributed by atoms with Crippen molar-refractivity contribution < 1.29 is 18.5 Å². The molecule has 7 heteroatoms. The fourth-order valence-electron chi connectivity index (χ4n) is 4.20. The van der Waals surface area contributed by atoms with Crippen LogP contribution in [0.1, 0.15) is 53.9 Å². The maximum absolute atomic E-state index is 13.7. The molecule has 1 aliphatic heterocycles. The molecule has 1 aliphatic carbocycles. The van der Waals surface area contributed by atoms with E-state index in [9.17, 15) is 14.0 Å². The molecule has 28 heavy (non-hydrogen) atoms. The topological polar surface area (TPSA) is 75.4 Å². The molecule has 1 aromatic carbocycles. The minimum atomic E-state index is -0.587. The number of carbonyl (C=O) groups is 2. The average molecular weight is 385 g/mol. The predicted molar refractivity (Wildman–Crippen MR) is 100 cm³/mol. The summed E-state index contributed by atoms with van der Waals surface area (Å²) >= 11 is 0. The van der Waals surface area contributed by atoms with Crippen molar-refractivity contribution in [1.29, 1.82) is 0 Å². The molecule has 1 saturated carbocycles. The largest absolute Gasteiger partial charge is 0.361 e. The number of hydrogen-bond acceptors (Lipinski definition) is 4. The van der Waals surface area contributed by atoms with E-state index in [4.69, 9.17) is 4.52 Å². The van der Waals surface area contributed by atoms with E-state index >= 15 is 0 Å². The number of halogens is 1. The van der Waals surface area contributed by atoms with Crippen LogP contribution in [-0.2, 0) is 10.2 Å². The maximum atomic E-state index is 13.7. The molecule has 6 nitrogen and oxygen atoms in total. The van der Waals surface area contributed by atoms with Crippen molar-refractivity contribution in [3.8, 4) is 0 Å². The molecule has 0 radical (unpaired) electrons. The quantitative estimate of drug-likeness (QED) is 0.878. The van der Waals surface area contributed by atoms with Crippen LogP contribution in [0.2, 0.25) is 0 Å². The summed E-state index contributed by atoms with van der Waals surface area (Å²) in [5.74, 6) is 0.118. The molecule has 1 aromatic heterocycles. The molecular formula is C21H24FN3O3. The van der Waals surface area contributed by atoms with Crippen LogP contribution >= 0.6 is 0 Å². The van der Waals surface area contributed by atoms with Crippen molar-refractivity contribution in [1.82, 2.24) is 15.4 Å². The summed E-state index contributed by atoms with van der Waals surface area (Å²) in [5, 5.41) is 6.70. The van der Waals surface area contributed by atoms with Gasteiger partial charge in [-0.1, -0.05) is 23.7 Å². The molecule has 1 saturated heterocycles. The first-order valence-corrected chi connectivity index (χ1v) is 9.77. The zero-order valence-corrected chi connectivity index (χ0v) is 15.9. The minimum absolute atomic E-state index is 0.0000615. The van der Waals surface area contributed by atoms with Gasteiger partial charge in [0.15, 0.2) is 5.69 Å². The third-order valence-electron chi connectivity index (χ3n) is 5.97. The van der Waals surface area contributed by atoms with Crippen LogP contribution in [0.5, 0.6) is 0 Å². The smallest absolute Gasteiger partial charge is 0.273 e. The van der Waals surface area contributed by atoms with E-state index < -0.39 is 5.41 Å². The SMILES string of the molecule is Cc1cc(C(=O)NC2CCN(C(=O)C3(c4cccc(F)c4)CCC3)CC2)no1. The number of nitrogens with one attached hydrogen (secondary N) is 1. The van der Waals surface area contributed by atoms with Crippen molar-refractivity contribution in [2.24, 2.45) is 0 Å². The van der Waals surface area contributed by atoms with E-state index in [2.05, 4.69) is 10.5 Å². The summed E-state index contributed by atoms with van der Waals surface area (Å²) in [7, 11) is 0.